The second-order valence-electron chi connectivity index (χ2n) is 16.1. The third-order valence-electron chi connectivity index (χ3n) is 10.6. The van der Waals surface area contributed by atoms with Gasteiger partial charge in [-0.3, -0.25) is 9.59 Å². The van der Waals surface area contributed by atoms with Crippen LogP contribution in [0.1, 0.15) is 97.2 Å². The second kappa shape index (κ2) is 14.5. The zero-order valence-electron chi connectivity index (χ0n) is 31.9. The number of aromatic nitrogens is 1. The Morgan fingerprint density at radius 2 is 1.87 bits per heavy atom. The Morgan fingerprint density at radius 1 is 1.13 bits per heavy atom. The molecule has 55 heavy (non-hydrogen) atoms. The summed E-state index contributed by atoms with van der Waals surface area (Å²) in [5.74, 6) is -3.19. The lowest BCUT2D eigenvalue weighted by Crippen LogP contribution is -2.57. The summed E-state index contributed by atoms with van der Waals surface area (Å²) < 4.78 is 84.0. The molecule has 3 aliphatic heterocycles. The molecule has 4 heterocycles. The number of alkyl halides is 4. The molecule has 300 valence electrons. The molecule has 3 amide bonds. The highest BCUT2D eigenvalue weighted by Gasteiger charge is 2.64. The van der Waals surface area contributed by atoms with E-state index in [4.69, 9.17) is 18.9 Å². The molecular weight excluding hydrogens is 728 g/mol. The molecule has 1 saturated heterocycles. The standard InChI is InChI=1S/C39H48F4N4O8/c1-7-53-33(50)38-18-22(38)13-11-9-8-10-12-14-26(45-34(51)55-35(2,3)4)32(49)47-21-37(19-27(47)31(48)46-38)20-36(5,40)28-24-17-23(52-6)15-16-25(24)44-30(29(28)54-37)39(41,42)43/h11,13,15-17,22,26-27H,7-10,12,14,18-21H2,1-6H3,(H,45,51)(H,46,48). The van der Waals surface area contributed by atoms with E-state index in [1.807, 2.05) is 12.2 Å². The fourth-order valence-corrected chi connectivity index (χ4v) is 8.19. The molecule has 12 nitrogen and oxygen atoms in total. The maximum Gasteiger partial charge on any atom is 0.437 e. The van der Waals surface area contributed by atoms with E-state index in [9.17, 15) is 32.3 Å². The highest BCUT2D eigenvalue weighted by Crippen LogP contribution is 2.56. The van der Waals surface area contributed by atoms with Crippen LogP contribution in [0.4, 0.5) is 22.4 Å². The molecule has 1 spiro atoms. The first-order chi connectivity index (χ1) is 25.7. The lowest BCUT2D eigenvalue weighted by atomic mass is 9.78. The van der Waals surface area contributed by atoms with Crippen LogP contribution in [0.2, 0.25) is 0 Å². The third-order valence-corrected chi connectivity index (χ3v) is 10.6. The number of methoxy groups -OCH3 is 1. The number of halogens is 4. The molecule has 1 saturated carbocycles. The number of carbonyl (C=O) groups excluding carboxylic acids is 4. The molecule has 1 aliphatic carbocycles. The highest BCUT2D eigenvalue weighted by molar-refractivity contribution is 5.97. The summed E-state index contributed by atoms with van der Waals surface area (Å²) in [4.78, 5) is 60.4. The number of amides is 3. The van der Waals surface area contributed by atoms with Gasteiger partial charge < -0.3 is 34.5 Å². The number of nitrogens with zero attached hydrogens (tertiary/aromatic N) is 2. The van der Waals surface area contributed by atoms with Gasteiger partial charge in [-0.2, -0.15) is 13.2 Å². The largest absolute Gasteiger partial charge is 0.497 e. The number of allylic oxidation sites excluding steroid dienone is 1. The lowest BCUT2D eigenvalue weighted by Gasteiger charge is -2.42. The summed E-state index contributed by atoms with van der Waals surface area (Å²) in [7, 11) is 1.36. The van der Waals surface area contributed by atoms with Gasteiger partial charge in [-0.1, -0.05) is 25.0 Å². The predicted octanol–water partition coefficient (Wildman–Crippen LogP) is 6.42. The van der Waals surface area contributed by atoms with Crippen LogP contribution in [-0.4, -0.2) is 82.8 Å². The molecule has 1 aromatic carbocycles. The van der Waals surface area contributed by atoms with Crippen molar-refractivity contribution in [3.8, 4) is 11.5 Å². The zero-order valence-corrected chi connectivity index (χ0v) is 31.9. The molecule has 1 aromatic heterocycles. The molecule has 0 bridgehead atoms. The smallest absolute Gasteiger partial charge is 0.437 e. The number of alkyl carbamates (subject to hydrolysis) is 1. The van der Waals surface area contributed by atoms with Gasteiger partial charge in [0.2, 0.25) is 11.8 Å². The molecule has 6 unspecified atom stereocenters. The van der Waals surface area contributed by atoms with E-state index < -0.39 is 101 Å². The average molecular weight is 777 g/mol. The van der Waals surface area contributed by atoms with Crippen LogP contribution in [0.15, 0.2) is 30.4 Å². The number of fused-ring (bicyclic) bond motifs is 5. The third kappa shape index (κ3) is 8.04. The van der Waals surface area contributed by atoms with Gasteiger partial charge in [-0.25, -0.2) is 19.0 Å². The van der Waals surface area contributed by atoms with E-state index in [1.165, 1.54) is 25.3 Å². The molecule has 6 rings (SSSR count). The van der Waals surface area contributed by atoms with Crippen molar-refractivity contribution in [1.29, 1.82) is 0 Å². The average Bonchev–Trinajstić information content (AvgIpc) is 3.66. The Hall–Kier alpha value is -4.63. The van der Waals surface area contributed by atoms with Crippen molar-refractivity contribution < 1.29 is 55.7 Å². The van der Waals surface area contributed by atoms with Crippen molar-refractivity contribution in [3.63, 3.8) is 0 Å². The van der Waals surface area contributed by atoms with E-state index in [0.29, 0.717) is 19.3 Å². The Labute approximate surface area is 316 Å². The normalized spacial score (nSPS) is 29.9. The monoisotopic (exact) mass is 776 g/mol. The summed E-state index contributed by atoms with van der Waals surface area (Å²) in [6.45, 7) is 7.26. The van der Waals surface area contributed by atoms with Crippen molar-refractivity contribution in [1.82, 2.24) is 20.5 Å². The van der Waals surface area contributed by atoms with Crippen LogP contribution in [0.25, 0.3) is 10.9 Å². The Balaban J connectivity index is 1.45. The predicted molar refractivity (Wildman–Crippen MR) is 191 cm³/mol. The molecular formula is C39H48F4N4O8. The summed E-state index contributed by atoms with van der Waals surface area (Å²) in [6, 6.07) is 1.44. The van der Waals surface area contributed by atoms with E-state index in [1.54, 1.807) is 27.7 Å². The Kier molecular flexibility index (Phi) is 10.5. The minimum Gasteiger partial charge on any atom is -0.497 e. The van der Waals surface area contributed by atoms with Crippen molar-refractivity contribution in [3.05, 3.63) is 41.6 Å². The molecule has 0 radical (unpaired) electrons. The number of pyridine rings is 1. The Bertz CT molecular complexity index is 1900. The summed E-state index contributed by atoms with van der Waals surface area (Å²) >= 11 is 0. The molecule has 2 fully saturated rings. The minimum atomic E-state index is -5.08. The van der Waals surface area contributed by atoms with E-state index in [2.05, 4.69) is 15.6 Å². The quantitative estimate of drug-likeness (QED) is 0.204. The number of hydrogen-bond acceptors (Lipinski definition) is 9. The maximum atomic E-state index is 17.4. The minimum absolute atomic E-state index is 0.0422. The van der Waals surface area contributed by atoms with Gasteiger partial charge >= 0.3 is 18.2 Å². The van der Waals surface area contributed by atoms with Crippen molar-refractivity contribution in [2.75, 3.05) is 20.3 Å². The van der Waals surface area contributed by atoms with Gasteiger partial charge in [0.1, 0.15) is 40.2 Å². The molecule has 4 aliphatic rings. The number of nitrogens with one attached hydrogen (secondary N) is 2. The van der Waals surface area contributed by atoms with Gasteiger partial charge in [-0.05, 0) is 78.5 Å². The summed E-state index contributed by atoms with van der Waals surface area (Å²) in [6.07, 6.45) is -0.203. The first kappa shape index (κ1) is 40.0. The van der Waals surface area contributed by atoms with Crippen LogP contribution in [0, 0.1) is 5.92 Å². The van der Waals surface area contributed by atoms with Crippen LogP contribution in [-0.2, 0) is 35.7 Å². The van der Waals surface area contributed by atoms with E-state index in [-0.39, 0.29) is 41.7 Å². The number of rotatable bonds is 4. The summed E-state index contributed by atoms with van der Waals surface area (Å²) in [5.41, 5.74) is -8.68. The first-order valence-electron chi connectivity index (χ1n) is 18.7. The lowest BCUT2D eigenvalue weighted by molar-refractivity contribution is -0.150. The van der Waals surface area contributed by atoms with Gasteiger partial charge in [-0.15, -0.1) is 0 Å². The Morgan fingerprint density at radius 3 is 2.55 bits per heavy atom. The SMILES string of the molecule is CCOC(=O)C12CC1C=CCCCCCC(NC(=O)OC(C)(C)C)C(=O)N1CC3(CC1C(=O)N2)CC(C)(F)c1c(c(C(F)(F)F)nc2ccc(OC)cc12)O3. The molecule has 2 aromatic rings. The van der Waals surface area contributed by atoms with Crippen LogP contribution in [0.3, 0.4) is 0 Å². The number of esters is 1. The molecule has 2 N–H and O–H groups in total. The van der Waals surface area contributed by atoms with Crippen LogP contribution in [0.5, 0.6) is 11.5 Å². The number of benzene rings is 1. The highest BCUT2D eigenvalue weighted by atomic mass is 19.4. The van der Waals surface area contributed by atoms with Gasteiger partial charge in [0, 0.05) is 29.7 Å². The summed E-state index contributed by atoms with van der Waals surface area (Å²) in [5, 5.41) is 5.49. The molecule has 16 heteroatoms. The second-order valence-corrected chi connectivity index (χ2v) is 16.1. The van der Waals surface area contributed by atoms with Crippen molar-refractivity contribution in [2.24, 2.45) is 5.92 Å². The topological polar surface area (TPSA) is 145 Å². The fourth-order valence-electron chi connectivity index (χ4n) is 8.19. The number of carbonyl (C=O) groups is 4. The van der Waals surface area contributed by atoms with E-state index in [0.717, 1.165) is 18.2 Å². The van der Waals surface area contributed by atoms with Gasteiger partial charge in [0.15, 0.2) is 11.4 Å². The fraction of sp³-hybridized carbons (Fsp3) is 0.615. The van der Waals surface area contributed by atoms with E-state index >= 15 is 4.39 Å². The molecule has 6 atom stereocenters. The van der Waals surface area contributed by atoms with Gasteiger partial charge in [0.05, 0.1) is 25.8 Å². The van der Waals surface area contributed by atoms with Gasteiger partial charge in [0.25, 0.3) is 0 Å². The van der Waals surface area contributed by atoms with Crippen molar-refractivity contribution in [2.45, 2.75) is 127 Å². The maximum absolute atomic E-state index is 17.4. The van der Waals surface area contributed by atoms with Crippen molar-refractivity contribution >= 4 is 34.8 Å². The number of ether oxygens (including phenoxy) is 4. The number of hydrogen-bond donors (Lipinski definition) is 2. The zero-order chi connectivity index (χ0) is 40.1. The van der Waals surface area contributed by atoms with Crippen LogP contribution < -0.4 is 20.1 Å². The first-order valence-corrected chi connectivity index (χ1v) is 18.7. The van der Waals surface area contributed by atoms with Crippen LogP contribution >= 0.6 is 0 Å².